The molecule has 2 N–H and O–H groups in total. The molecule has 176 valence electrons. The van der Waals surface area contributed by atoms with Crippen molar-refractivity contribution in [3.63, 3.8) is 0 Å². The first kappa shape index (κ1) is 24.6. The van der Waals surface area contributed by atoms with E-state index in [2.05, 4.69) is 24.5 Å². The fourth-order valence-electron chi connectivity index (χ4n) is 3.06. The highest BCUT2D eigenvalue weighted by atomic mass is 32.2. The number of benzene rings is 2. The Morgan fingerprint density at radius 1 is 1.03 bits per heavy atom. The van der Waals surface area contributed by atoms with Crippen molar-refractivity contribution >= 4 is 38.6 Å². The van der Waals surface area contributed by atoms with Gasteiger partial charge in [0.25, 0.3) is 15.9 Å². The van der Waals surface area contributed by atoms with E-state index in [9.17, 15) is 13.2 Å². The normalized spacial score (nSPS) is 12.2. The summed E-state index contributed by atoms with van der Waals surface area (Å²) in [6.45, 7) is 4.54. The molecule has 1 aromatic heterocycles. The van der Waals surface area contributed by atoms with E-state index >= 15 is 0 Å². The first-order valence-corrected chi connectivity index (χ1v) is 12.9. The minimum atomic E-state index is -3.59. The van der Waals surface area contributed by atoms with E-state index in [0.717, 1.165) is 5.69 Å². The lowest BCUT2D eigenvalue weighted by molar-refractivity contribution is -0.123. The number of nitrogens with zero attached hydrogens (tertiary/aromatic N) is 1. The number of thiophene rings is 1. The quantitative estimate of drug-likeness (QED) is 0.423. The van der Waals surface area contributed by atoms with Crippen LogP contribution in [0, 0.1) is 5.92 Å². The molecule has 7 nitrogen and oxygen atoms in total. The Hall–Kier alpha value is -3.04. The fourth-order valence-corrected chi connectivity index (χ4v) is 5.42. The van der Waals surface area contributed by atoms with Gasteiger partial charge in [-0.2, -0.15) is 0 Å². The molecule has 0 radical (unpaired) electrons. The number of carbonyl (C=O) groups is 1. The van der Waals surface area contributed by atoms with Crippen LogP contribution in [0.3, 0.4) is 0 Å². The van der Waals surface area contributed by atoms with Crippen LogP contribution in [0.15, 0.2) is 76.3 Å². The van der Waals surface area contributed by atoms with Crippen LogP contribution < -0.4 is 19.7 Å². The number of anilines is 2. The Labute approximate surface area is 199 Å². The van der Waals surface area contributed by atoms with Gasteiger partial charge in [-0.1, -0.05) is 38.1 Å². The highest BCUT2D eigenvalue weighted by molar-refractivity contribution is 7.94. The summed E-state index contributed by atoms with van der Waals surface area (Å²) < 4.78 is 32.3. The summed E-state index contributed by atoms with van der Waals surface area (Å²) in [6.07, 6.45) is 0. The second-order valence-corrected chi connectivity index (χ2v) is 11.0. The Balaban J connectivity index is 1.50. The van der Waals surface area contributed by atoms with E-state index in [1.807, 2.05) is 30.3 Å². The van der Waals surface area contributed by atoms with Gasteiger partial charge in [-0.05, 0) is 53.8 Å². The molecular weight excluding hydrogens is 458 g/mol. The van der Waals surface area contributed by atoms with Crippen LogP contribution in [-0.4, -0.2) is 40.6 Å². The molecule has 0 aliphatic carbocycles. The van der Waals surface area contributed by atoms with Gasteiger partial charge in [-0.15, -0.1) is 11.3 Å². The number of rotatable bonds is 11. The van der Waals surface area contributed by atoms with Crippen LogP contribution in [-0.2, 0) is 14.8 Å². The minimum Gasteiger partial charge on any atom is -0.484 e. The standard InChI is InChI=1S/C24H29N3O4S2/c1-18(2)22(26-19-8-5-4-6-9-19)16-25-23(28)17-31-21-13-11-20(12-14-21)27(3)33(29,30)24-10-7-15-32-24/h4-15,18,22,26H,16-17H2,1-3H3,(H,25,28)/t22-/m1/s1. The molecule has 33 heavy (non-hydrogen) atoms. The number of para-hydroxylation sites is 1. The predicted molar refractivity (Wildman–Crippen MR) is 134 cm³/mol. The third-order valence-corrected chi connectivity index (χ3v) is 8.29. The maximum atomic E-state index is 12.6. The number of sulfonamides is 1. The Kier molecular flexibility index (Phi) is 8.35. The number of carbonyl (C=O) groups excluding carboxylic acids is 1. The molecule has 3 rings (SSSR count). The third kappa shape index (κ3) is 6.72. The molecule has 0 saturated carbocycles. The van der Waals surface area contributed by atoms with Crippen molar-refractivity contribution in [3.8, 4) is 5.75 Å². The summed E-state index contributed by atoms with van der Waals surface area (Å²) in [5, 5.41) is 8.07. The maximum absolute atomic E-state index is 12.6. The average Bonchev–Trinajstić information content (AvgIpc) is 3.37. The van der Waals surface area contributed by atoms with Crippen molar-refractivity contribution in [3.05, 3.63) is 72.1 Å². The first-order chi connectivity index (χ1) is 15.8. The molecule has 0 fully saturated rings. The molecule has 1 heterocycles. The topological polar surface area (TPSA) is 87.7 Å². The largest absolute Gasteiger partial charge is 0.484 e. The van der Waals surface area contributed by atoms with Gasteiger partial charge in [-0.3, -0.25) is 9.10 Å². The first-order valence-electron chi connectivity index (χ1n) is 10.6. The maximum Gasteiger partial charge on any atom is 0.273 e. The molecule has 0 aliphatic heterocycles. The second kappa shape index (κ2) is 11.2. The van der Waals surface area contributed by atoms with Crippen molar-refractivity contribution < 1.29 is 17.9 Å². The zero-order chi connectivity index (χ0) is 23.8. The van der Waals surface area contributed by atoms with E-state index in [4.69, 9.17) is 4.74 Å². The molecule has 0 aliphatic rings. The van der Waals surface area contributed by atoms with Gasteiger partial charge in [0, 0.05) is 25.3 Å². The van der Waals surface area contributed by atoms with E-state index in [1.54, 1.807) is 41.8 Å². The predicted octanol–water partition coefficient (Wildman–Crippen LogP) is 4.20. The highest BCUT2D eigenvalue weighted by Crippen LogP contribution is 2.26. The molecule has 0 unspecified atom stereocenters. The van der Waals surface area contributed by atoms with Gasteiger partial charge in [0.2, 0.25) is 0 Å². The van der Waals surface area contributed by atoms with Crippen LogP contribution in [0.4, 0.5) is 11.4 Å². The number of hydrogen-bond acceptors (Lipinski definition) is 6. The summed E-state index contributed by atoms with van der Waals surface area (Å²) in [5.74, 6) is 0.581. The van der Waals surface area contributed by atoms with Crippen molar-refractivity contribution in [2.45, 2.75) is 24.1 Å². The zero-order valence-electron chi connectivity index (χ0n) is 18.9. The summed E-state index contributed by atoms with van der Waals surface area (Å²) in [5.41, 5.74) is 1.51. The number of nitrogens with one attached hydrogen (secondary N) is 2. The number of amides is 1. The van der Waals surface area contributed by atoms with E-state index < -0.39 is 10.0 Å². The van der Waals surface area contributed by atoms with Crippen molar-refractivity contribution in [2.24, 2.45) is 5.92 Å². The highest BCUT2D eigenvalue weighted by Gasteiger charge is 2.22. The monoisotopic (exact) mass is 487 g/mol. The lowest BCUT2D eigenvalue weighted by Gasteiger charge is -2.24. The molecule has 3 aromatic rings. The number of hydrogen-bond donors (Lipinski definition) is 2. The van der Waals surface area contributed by atoms with Crippen LogP contribution in [0.5, 0.6) is 5.75 Å². The van der Waals surface area contributed by atoms with Crippen molar-refractivity contribution in [2.75, 3.05) is 29.8 Å². The minimum absolute atomic E-state index is 0.0801. The second-order valence-electron chi connectivity index (χ2n) is 7.85. The molecule has 2 aromatic carbocycles. The molecule has 1 amide bonds. The summed E-state index contributed by atoms with van der Waals surface area (Å²) in [6, 6.07) is 19.8. The van der Waals surface area contributed by atoms with Crippen LogP contribution in [0.2, 0.25) is 0 Å². The SMILES string of the molecule is CC(C)[C@@H](CNC(=O)COc1ccc(N(C)S(=O)(=O)c2cccs2)cc1)Nc1ccccc1. The van der Waals surface area contributed by atoms with Gasteiger partial charge in [0.1, 0.15) is 9.96 Å². The molecular formula is C24H29N3O4S2. The van der Waals surface area contributed by atoms with E-state index in [1.165, 1.54) is 22.7 Å². The van der Waals surface area contributed by atoms with Gasteiger partial charge in [0.15, 0.2) is 6.61 Å². The van der Waals surface area contributed by atoms with E-state index in [0.29, 0.717) is 23.9 Å². The molecule has 0 saturated heterocycles. The van der Waals surface area contributed by atoms with Gasteiger partial charge >= 0.3 is 0 Å². The molecule has 0 bridgehead atoms. The smallest absolute Gasteiger partial charge is 0.273 e. The zero-order valence-corrected chi connectivity index (χ0v) is 20.5. The van der Waals surface area contributed by atoms with Gasteiger partial charge in [-0.25, -0.2) is 8.42 Å². The Morgan fingerprint density at radius 2 is 1.73 bits per heavy atom. The summed E-state index contributed by atoms with van der Waals surface area (Å²) >= 11 is 1.17. The number of ether oxygens (including phenoxy) is 1. The van der Waals surface area contributed by atoms with Crippen molar-refractivity contribution in [1.82, 2.24) is 5.32 Å². The van der Waals surface area contributed by atoms with Crippen LogP contribution in [0.1, 0.15) is 13.8 Å². The third-order valence-electron chi connectivity index (χ3n) is 5.13. The summed E-state index contributed by atoms with van der Waals surface area (Å²) in [7, 11) is -2.08. The van der Waals surface area contributed by atoms with Crippen LogP contribution >= 0.6 is 11.3 Å². The van der Waals surface area contributed by atoms with Crippen LogP contribution in [0.25, 0.3) is 0 Å². The van der Waals surface area contributed by atoms with Crippen molar-refractivity contribution in [1.29, 1.82) is 0 Å². The van der Waals surface area contributed by atoms with Gasteiger partial charge < -0.3 is 15.4 Å². The lowest BCUT2D eigenvalue weighted by atomic mass is 10.0. The molecule has 0 spiro atoms. The lowest BCUT2D eigenvalue weighted by Crippen LogP contribution is -2.41. The molecule has 9 heteroatoms. The Morgan fingerprint density at radius 3 is 2.33 bits per heavy atom. The summed E-state index contributed by atoms with van der Waals surface area (Å²) in [4.78, 5) is 12.3. The van der Waals surface area contributed by atoms with E-state index in [-0.39, 0.29) is 22.8 Å². The van der Waals surface area contributed by atoms with Gasteiger partial charge in [0.05, 0.1) is 5.69 Å². The molecule has 1 atom stereocenters. The average molecular weight is 488 g/mol. The fraction of sp³-hybridized carbons (Fsp3) is 0.292. The Bertz CT molecular complexity index is 1120.